The molecule has 5 rings (SSSR count). The Balaban J connectivity index is 1.29. The van der Waals surface area contributed by atoms with Crippen molar-refractivity contribution in [2.45, 2.75) is 13.8 Å². The van der Waals surface area contributed by atoms with Gasteiger partial charge in [0.25, 0.3) is 0 Å². The highest BCUT2D eigenvalue weighted by atomic mass is 19.1. The highest BCUT2D eigenvalue weighted by Crippen LogP contribution is 2.37. The molecule has 1 aliphatic rings. The number of aryl methyl sites for hydroxylation is 1. The SMILES string of the molecule is COc1cc2c(Oc3ccc4[nH]c(C)cc4c3F)ncnc2cc1OCCN1CCN(CC(C)=O)CC1. The molecule has 194 valence electrons. The highest BCUT2D eigenvalue weighted by Gasteiger charge is 2.19. The number of methoxy groups -OCH3 is 1. The molecule has 0 saturated carbocycles. The molecule has 10 heteroatoms. The lowest BCUT2D eigenvalue weighted by atomic mass is 10.2. The topological polar surface area (TPSA) is 92.8 Å². The van der Waals surface area contributed by atoms with Crippen LogP contribution in [0.1, 0.15) is 12.6 Å². The summed E-state index contributed by atoms with van der Waals surface area (Å²) in [4.78, 5) is 27.5. The molecule has 1 aliphatic heterocycles. The lowest BCUT2D eigenvalue weighted by Gasteiger charge is -2.34. The number of ether oxygens (including phenoxy) is 3. The van der Waals surface area contributed by atoms with Crippen molar-refractivity contribution in [2.24, 2.45) is 0 Å². The standard InChI is InChI=1S/C27H30FN5O4/c1-17-12-19-21(31-17)4-5-23(26(19)28)37-27-20-13-24(35-3)25(14-22(20)29-16-30-27)36-11-10-32-6-8-33(9-7-32)15-18(2)34/h4-5,12-14,16,31H,6-11,15H2,1-3H3. The first-order chi connectivity index (χ1) is 17.9. The van der Waals surface area contributed by atoms with Gasteiger partial charge in [0.15, 0.2) is 23.1 Å². The number of halogens is 1. The van der Waals surface area contributed by atoms with Gasteiger partial charge < -0.3 is 19.2 Å². The van der Waals surface area contributed by atoms with E-state index in [0.717, 1.165) is 38.4 Å². The molecule has 2 aromatic carbocycles. The van der Waals surface area contributed by atoms with Crippen molar-refractivity contribution in [1.29, 1.82) is 0 Å². The second kappa shape index (κ2) is 10.7. The Bertz CT molecular complexity index is 1430. The van der Waals surface area contributed by atoms with Gasteiger partial charge in [-0.25, -0.2) is 14.4 Å². The van der Waals surface area contributed by atoms with Crippen LogP contribution >= 0.6 is 0 Å². The van der Waals surface area contributed by atoms with Crippen molar-refractivity contribution >= 4 is 27.6 Å². The van der Waals surface area contributed by atoms with Crippen molar-refractivity contribution < 1.29 is 23.4 Å². The largest absolute Gasteiger partial charge is 0.493 e. The van der Waals surface area contributed by atoms with Gasteiger partial charge in [0.1, 0.15) is 18.7 Å². The molecule has 0 spiro atoms. The zero-order chi connectivity index (χ0) is 25.9. The molecular formula is C27H30FN5O4. The van der Waals surface area contributed by atoms with Crippen LogP contribution in [0.3, 0.4) is 0 Å². The first kappa shape index (κ1) is 24.9. The number of H-pyrrole nitrogens is 1. The summed E-state index contributed by atoms with van der Waals surface area (Å²) in [5, 5.41) is 1.04. The Kier molecular flexibility index (Phi) is 7.20. The maximum atomic E-state index is 15.1. The van der Waals surface area contributed by atoms with Crippen LogP contribution in [-0.4, -0.2) is 83.5 Å². The predicted octanol–water partition coefficient (Wildman–Crippen LogP) is 3.94. The lowest BCUT2D eigenvalue weighted by Crippen LogP contribution is -2.48. The Morgan fingerprint density at radius 3 is 2.57 bits per heavy atom. The van der Waals surface area contributed by atoms with Crippen molar-refractivity contribution in [3.05, 3.63) is 48.2 Å². The second-order valence-electron chi connectivity index (χ2n) is 9.26. The van der Waals surface area contributed by atoms with E-state index in [4.69, 9.17) is 14.2 Å². The molecule has 0 atom stereocenters. The van der Waals surface area contributed by atoms with E-state index >= 15 is 4.39 Å². The zero-order valence-corrected chi connectivity index (χ0v) is 21.2. The fourth-order valence-electron chi connectivity index (χ4n) is 4.64. The fraction of sp³-hybridized carbons (Fsp3) is 0.370. The van der Waals surface area contributed by atoms with Crippen LogP contribution < -0.4 is 14.2 Å². The third-order valence-electron chi connectivity index (χ3n) is 6.50. The summed E-state index contributed by atoms with van der Waals surface area (Å²) in [6.07, 6.45) is 1.38. The second-order valence-corrected chi connectivity index (χ2v) is 9.26. The summed E-state index contributed by atoms with van der Waals surface area (Å²) in [5.74, 6) is 1.11. The number of nitrogens with one attached hydrogen (secondary N) is 1. The molecule has 2 aromatic heterocycles. The van der Waals surface area contributed by atoms with Crippen LogP contribution in [0.5, 0.6) is 23.1 Å². The summed E-state index contributed by atoms with van der Waals surface area (Å²) in [7, 11) is 1.56. The van der Waals surface area contributed by atoms with Gasteiger partial charge >= 0.3 is 0 Å². The van der Waals surface area contributed by atoms with Crippen LogP contribution in [0.15, 0.2) is 36.7 Å². The molecule has 1 N–H and O–H groups in total. The van der Waals surface area contributed by atoms with E-state index in [0.29, 0.717) is 46.5 Å². The Morgan fingerprint density at radius 1 is 1.03 bits per heavy atom. The average Bonchev–Trinajstić information content (AvgIpc) is 3.27. The minimum Gasteiger partial charge on any atom is -0.493 e. The van der Waals surface area contributed by atoms with Gasteiger partial charge in [0, 0.05) is 55.4 Å². The molecule has 3 heterocycles. The number of hydrogen-bond acceptors (Lipinski definition) is 8. The van der Waals surface area contributed by atoms with Gasteiger partial charge in [0.2, 0.25) is 5.88 Å². The number of carbonyl (C=O) groups is 1. The summed E-state index contributed by atoms with van der Waals surface area (Å²) in [6.45, 7) is 8.77. The quantitative estimate of drug-likeness (QED) is 0.364. The summed E-state index contributed by atoms with van der Waals surface area (Å²) >= 11 is 0. The Hall–Kier alpha value is -3.76. The Morgan fingerprint density at radius 2 is 1.81 bits per heavy atom. The normalized spacial score (nSPS) is 14.8. The molecule has 0 unspecified atom stereocenters. The van der Waals surface area contributed by atoms with Crippen LogP contribution in [0.4, 0.5) is 4.39 Å². The molecule has 37 heavy (non-hydrogen) atoms. The van der Waals surface area contributed by atoms with E-state index in [2.05, 4.69) is 24.8 Å². The van der Waals surface area contributed by atoms with E-state index in [-0.39, 0.29) is 17.4 Å². The molecule has 0 amide bonds. The van der Waals surface area contributed by atoms with Crippen molar-refractivity contribution in [2.75, 3.05) is 53.0 Å². The number of aromatic amines is 1. The van der Waals surface area contributed by atoms with Gasteiger partial charge in [-0.2, -0.15) is 0 Å². The molecule has 0 bridgehead atoms. The maximum Gasteiger partial charge on any atom is 0.230 e. The number of benzene rings is 2. The van der Waals surface area contributed by atoms with Gasteiger partial charge in [-0.15, -0.1) is 0 Å². The molecule has 0 radical (unpaired) electrons. The fourth-order valence-corrected chi connectivity index (χ4v) is 4.64. The van der Waals surface area contributed by atoms with Crippen LogP contribution in [-0.2, 0) is 4.79 Å². The van der Waals surface area contributed by atoms with Crippen molar-refractivity contribution in [3.63, 3.8) is 0 Å². The lowest BCUT2D eigenvalue weighted by molar-refractivity contribution is -0.118. The molecule has 4 aromatic rings. The van der Waals surface area contributed by atoms with Gasteiger partial charge in [0.05, 0.1) is 24.6 Å². The average molecular weight is 508 g/mol. The number of piperazine rings is 1. The van der Waals surface area contributed by atoms with E-state index in [9.17, 15) is 4.79 Å². The molecule has 1 fully saturated rings. The van der Waals surface area contributed by atoms with Gasteiger partial charge in [-0.05, 0) is 38.1 Å². The third kappa shape index (κ3) is 5.50. The van der Waals surface area contributed by atoms with Crippen molar-refractivity contribution in [3.8, 4) is 23.1 Å². The number of rotatable bonds is 9. The third-order valence-corrected chi connectivity index (χ3v) is 6.50. The highest BCUT2D eigenvalue weighted by molar-refractivity contribution is 5.87. The minimum atomic E-state index is -0.456. The monoisotopic (exact) mass is 507 g/mol. The molecule has 0 aliphatic carbocycles. The first-order valence-electron chi connectivity index (χ1n) is 12.3. The smallest absolute Gasteiger partial charge is 0.230 e. The number of hydrogen-bond donors (Lipinski definition) is 1. The summed E-state index contributed by atoms with van der Waals surface area (Å²) in [5.41, 5.74) is 2.17. The van der Waals surface area contributed by atoms with Gasteiger partial charge in [-0.3, -0.25) is 14.6 Å². The van der Waals surface area contributed by atoms with E-state index in [1.807, 2.05) is 6.92 Å². The number of Topliss-reactive ketones (excluding diaryl/α,β-unsaturated/α-hetero) is 1. The first-order valence-corrected chi connectivity index (χ1v) is 12.3. The van der Waals surface area contributed by atoms with E-state index in [1.165, 1.54) is 6.33 Å². The summed E-state index contributed by atoms with van der Waals surface area (Å²) < 4.78 is 32.6. The number of aromatic nitrogens is 3. The number of ketones is 1. The van der Waals surface area contributed by atoms with Crippen LogP contribution in [0.25, 0.3) is 21.8 Å². The summed E-state index contributed by atoms with van der Waals surface area (Å²) in [6, 6.07) is 8.63. The Labute approximate surface area is 214 Å². The molecule has 1 saturated heterocycles. The zero-order valence-electron chi connectivity index (χ0n) is 21.2. The van der Waals surface area contributed by atoms with Gasteiger partial charge in [-0.1, -0.05) is 0 Å². The predicted molar refractivity (Wildman–Crippen MR) is 138 cm³/mol. The maximum absolute atomic E-state index is 15.1. The van der Waals surface area contributed by atoms with Crippen molar-refractivity contribution in [1.82, 2.24) is 24.8 Å². The number of nitrogens with zero attached hydrogens (tertiary/aromatic N) is 4. The van der Waals surface area contributed by atoms with Crippen LogP contribution in [0, 0.1) is 12.7 Å². The van der Waals surface area contributed by atoms with E-state index < -0.39 is 5.82 Å². The van der Waals surface area contributed by atoms with E-state index in [1.54, 1.807) is 44.4 Å². The number of fused-ring (bicyclic) bond motifs is 2. The molecule has 9 nitrogen and oxygen atoms in total. The molecular weight excluding hydrogens is 477 g/mol. The van der Waals surface area contributed by atoms with Crippen LogP contribution in [0.2, 0.25) is 0 Å². The number of carbonyl (C=O) groups excluding carboxylic acids is 1. The minimum absolute atomic E-state index is 0.0780.